The lowest BCUT2D eigenvalue weighted by Crippen LogP contribution is -2.48. The number of nitrogens with zero attached hydrogens (tertiary/aromatic N) is 2. The molecule has 0 aliphatic rings. The Hall–Kier alpha value is -1.47. The highest BCUT2D eigenvalue weighted by Gasteiger charge is 2.39. The van der Waals surface area contributed by atoms with Gasteiger partial charge in [0.05, 0.1) is 6.42 Å². The Morgan fingerprint density at radius 1 is 1.44 bits per heavy atom. The zero-order valence-corrected chi connectivity index (χ0v) is 10.6. The summed E-state index contributed by atoms with van der Waals surface area (Å²) in [5.41, 5.74) is 4.12. The fourth-order valence-corrected chi connectivity index (χ4v) is 1.37. The maximum atomic E-state index is 12.1. The molecule has 106 valence electrons. The summed E-state index contributed by atoms with van der Waals surface area (Å²) in [4.78, 5) is 12.9. The third-order valence-electron chi connectivity index (χ3n) is 2.93. The van der Waals surface area contributed by atoms with Gasteiger partial charge in [0.2, 0.25) is 5.91 Å². The van der Waals surface area contributed by atoms with Crippen molar-refractivity contribution in [3.05, 3.63) is 0 Å². The zero-order valence-electron chi connectivity index (χ0n) is 10.6. The summed E-state index contributed by atoms with van der Waals surface area (Å²) in [6.07, 6.45) is -5.20. The van der Waals surface area contributed by atoms with E-state index in [1.807, 2.05) is 0 Å². The molecule has 0 aliphatic carbocycles. The third-order valence-corrected chi connectivity index (χ3v) is 2.93. The zero-order chi connectivity index (χ0) is 14.6. The molecular weight excluding hydrogens is 251 g/mol. The van der Waals surface area contributed by atoms with Crippen LogP contribution in [0.25, 0.3) is 0 Å². The van der Waals surface area contributed by atoms with Crippen molar-refractivity contribution in [3.63, 3.8) is 0 Å². The van der Waals surface area contributed by atoms with Crippen molar-refractivity contribution in [1.29, 1.82) is 0 Å². The van der Waals surface area contributed by atoms with E-state index in [1.54, 1.807) is 6.92 Å². The average molecular weight is 269 g/mol. The molecule has 0 rings (SSSR count). The van der Waals surface area contributed by atoms with Gasteiger partial charge < -0.3 is 15.8 Å². The largest absolute Gasteiger partial charge is 0.409 e. The van der Waals surface area contributed by atoms with Crippen LogP contribution in [0.5, 0.6) is 0 Å². The number of alkyl halides is 3. The number of amides is 1. The van der Waals surface area contributed by atoms with Crippen molar-refractivity contribution < 1.29 is 23.2 Å². The standard InChI is InChI=1S/C10H18F3N3O2/c1-4-9(2,7(14)15-18)8(17)16(3)6-5-10(11,12)13/h18H,4-6H2,1-3H3,(H2,14,15). The molecule has 3 N–H and O–H groups in total. The Morgan fingerprint density at radius 2 is 1.94 bits per heavy atom. The van der Waals surface area contributed by atoms with Gasteiger partial charge in [-0.15, -0.1) is 0 Å². The summed E-state index contributed by atoms with van der Waals surface area (Å²) in [5, 5.41) is 11.4. The Morgan fingerprint density at radius 3 is 2.28 bits per heavy atom. The fourth-order valence-electron chi connectivity index (χ4n) is 1.37. The number of hydrogen-bond donors (Lipinski definition) is 2. The van der Waals surface area contributed by atoms with Crippen molar-refractivity contribution in [3.8, 4) is 0 Å². The van der Waals surface area contributed by atoms with E-state index < -0.39 is 30.5 Å². The Bertz CT molecular complexity index is 331. The van der Waals surface area contributed by atoms with Crippen LogP contribution >= 0.6 is 0 Å². The van der Waals surface area contributed by atoms with Crippen molar-refractivity contribution in [2.24, 2.45) is 16.3 Å². The van der Waals surface area contributed by atoms with Gasteiger partial charge in [0.1, 0.15) is 5.41 Å². The number of rotatable bonds is 5. The Kier molecular flexibility index (Phi) is 5.44. The number of carbonyl (C=O) groups excluding carboxylic acids is 1. The smallest absolute Gasteiger partial charge is 0.390 e. The molecule has 0 radical (unpaired) electrons. The number of halogens is 3. The molecule has 18 heavy (non-hydrogen) atoms. The van der Waals surface area contributed by atoms with Crippen molar-refractivity contribution in [1.82, 2.24) is 4.90 Å². The van der Waals surface area contributed by atoms with E-state index in [1.165, 1.54) is 14.0 Å². The summed E-state index contributed by atoms with van der Waals surface area (Å²) < 4.78 is 36.2. The monoisotopic (exact) mass is 269 g/mol. The van der Waals surface area contributed by atoms with E-state index in [0.717, 1.165) is 4.90 Å². The van der Waals surface area contributed by atoms with Gasteiger partial charge in [0.25, 0.3) is 0 Å². The maximum Gasteiger partial charge on any atom is 0.390 e. The molecule has 5 nitrogen and oxygen atoms in total. The Labute approximate surface area is 103 Å². The van der Waals surface area contributed by atoms with Crippen LogP contribution in [0.3, 0.4) is 0 Å². The van der Waals surface area contributed by atoms with Crippen molar-refractivity contribution >= 4 is 11.7 Å². The van der Waals surface area contributed by atoms with E-state index in [0.29, 0.717) is 0 Å². The highest BCUT2D eigenvalue weighted by atomic mass is 19.4. The summed E-state index contributed by atoms with van der Waals surface area (Å²) >= 11 is 0. The quantitative estimate of drug-likeness (QED) is 0.344. The highest BCUT2D eigenvalue weighted by molar-refractivity contribution is 6.06. The summed E-state index contributed by atoms with van der Waals surface area (Å²) in [5.74, 6) is -0.918. The van der Waals surface area contributed by atoms with E-state index in [9.17, 15) is 18.0 Å². The lowest BCUT2D eigenvalue weighted by atomic mass is 9.84. The first-order valence-electron chi connectivity index (χ1n) is 5.38. The van der Waals surface area contributed by atoms with Gasteiger partial charge in [-0.1, -0.05) is 12.1 Å². The van der Waals surface area contributed by atoms with Gasteiger partial charge in [0, 0.05) is 13.6 Å². The minimum atomic E-state index is -4.33. The first-order valence-corrected chi connectivity index (χ1v) is 5.38. The number of amidine groups is 1. The molecule has 0 saturated heterocycles. The molecule has 0 aromatic carbocycles. The van der Waals surface area contributed by atoms with Crippen LogP contribution in [0.15, 0.2) is 5.16 Å². The summed E-state index contributed by atoms with van der Waals surface area (Å²) in [6, 6.07) is 0. The predicted octanol–water partition coefficient (Wildman–Crippen LogP) is 1.56. The molecule has 0 saturated carbocycles. The summed E-state index contributed by atoms with van der Waals surface area (Å²) in [7, 11) is 1.26. The van der Waals surface area contributed by atoms with Gasteiger partial charge in [-0.3, -0.25) is 4.79 Å². The molecule has 0 aromatic heterocycles. The SMILES string of the molecule is CCC(C)(C(=O)N(C)CCC(F)(F)F)C(N)=NO. The molecule has 1 amide bonds. The molecule has 0 spiro atoms. The topological polar surface area (TPSA) is 78.9 Å². The number of nitrogens with two attached hydrogens (primary N) is 1. The highest BCUT2D eigenvalue weighted by Crippen LogP contribution is 2.25. The summed E-state index contributed by atoms with van der Waals surface area (Å²) in [6.45, 7) is 2.60. The molecule has 1 unspecified atom stereocenters. The lowest BCUT2D eigenvalue weighted by Gasteiger charge is -2.30. The van der Waals surface area contributed by atoms with Crippen LogP contribution in [0.1, 0.15) is 26.7 Å². The normalized spacial score (nSPS) is 16.2. The first kappa shape index (κ1) is 16.5. The van der Waals surface area contributed by atoms with E-state index in [-0.39, 0.29) is 12.3 Å². The first-order chi connectivity index (χ1) is 8.08. The molecule has 0 bridgehead atoms. The van der Waals surface area contributed by atoms with Gasteiger partial charge in [0.15, 0.2) is 5.84 Å². The van der Waals surface area contributed by atoms with Crippen LogP contribution in [-0.2, 0) is 4.79 Å². The van der Waals surface area contributed by atoms with Crippen LogP contribution in [0.2, 0.25) is 0 Å². The van der Waals surface area contributed by atoms with Gasteiger partial charge >= 0.3 is 6.18 Å². The molecule has 0 aliphatic heterocycles. The molecule has 0 fully saturated rings. The van der Waals surface area contributed by atoms with Crippen molar-refractivity contribution in [2.75, 3.05) is 13.6 Å². The second kappa shape index (κ2) is 5.92. The van der Waals surface area contributed by atoms with Gasteiger partial charge in [-0.2, -0.15) is 13.2 Å². The molecule has 0 heterocycles. The minimum absolute atomic E-state index is 0.220. The third kappa shape index (κ3) is 4.08. The average Bonchev–Trinajstić information content (AvgIpc) is 2.31. The van der Waals surface area contributed by atoms with Crippen molar-refractivity contribution in [2.45, 2.75) is 32.9 Å². The fraction of sp³-hybridized carbons (Fsp3) is 0.800. The minimum Gasteiger partial charge on any atom is -0.409 e. The molecule has 1 atom stereocenters. The number of oxime groups is 1. The molecule has 8 heteroatoms. The lowest BCUT2D eigenvalue weighted by molar-refractivity contribution is -0.147. The second-order valence-electron chi connectivity index (χ2n) is 4.26. The van der Waals surface area contributed by atoms with Crippen LogP contribution in [0, 0.1) is 5.41 Å². The number of carbonyl (C=O) groups is 1. The predicted molar refractivity (Wildman–Crippen MR) is 60.1 cm³/mol. The van der Waals surface area contributed by atoms with E-state index >= 15 is 0 Å². The van der Waals surface area contributed by atoms with E-state index in [2.05, 4.69) is 5.16 Å². The van der Waals surface area contributed by atoms with E-state index in [4.69, 9.17) is 10.9 Å². The second-order valence-corrected chi connectivity index (χ2v) is 4.26. The molecule has 0 aromatic rings. The van der Waals surface area contributed by atoms with Gasteiger partial charge in [-0.05, 0) is 13.3 Å². The van der Waals surface area contributed by atoms with Crippen LogP contribution < -0.4 is 5.73 Å². The maximum absolute atomic E-state index is 12.1. The Balaban J connectivity index is 4.81. The van der Waals surface area contributed by atoms with Crippen LogP contribution in [0.4, 0.5) is 13.2 Å². The molecular formula is C10H18F3N3O2. The van der Waals surface area contributed by atoms with Crippen LogP contribution in [-0.4, -0.2) is 41.6 Å². The number of hydrogen-bond acceptors (Lipinski definition) is 3. The van der Waals surface area contributed by atoms with Gasteiger partial charge in [-0.25, -0.2) is 0 Å².